The number of hydrogen-bond donors (Lipinski definition) is 1. The second-order valence-corrected chi connectivity index (χ2v) is 8.99. The van der Waals surface area contributed by atoms with Gasteiger partial charge in [0.05, 0.1) is 19.1 Å². The number of carbonyl (C=O) groups is 1. The van der Waals surface area contributed by atoms with Crippen molar-refractivity contribution in [3.63, 3.8) is 0 Å². The summed E-state index contributed by atoms with van der Waals surface area (Å²) in [7, 11) is -1.76. The second kappa shape index (κ2) is 10.9. The number of hydrogen-bond acceptors (Lipinski definition) is 4. The van der Waals surface area contributed by atoms with Gasteiger partial charge >= 0.3 is 0 Å². The highest BCUT2D eigenvalue weighted by Crippen LogP contribution is 2.19. The molecule has 1 N–H and O–H groups in total. The van der Waals surface area contributed by atoms with Gasteiger partial charge in [-0.3, -0.25) is 9.10 Å². The Hall–Kier alpha value is -2.54. The van der Waals surface area contributed by atoms with Crippen LogP contribution in [0.5, 0.6) is 5.75 Å². The maximum Gasteiger partial charge on any atom is 0.232 e. The Morgan fingerprint density at radius 3 is 2.55 bits per heavy atom. The summed E-state index contributed by atoms with van der Waals surface area (Å²) in [5.41, 5.74) is 2.79. The van der Waals surface area contributed by atoms with Gasteiger partial charge in [0.25, 0.3) is 0 Å². The maximum atomic E-state index is 12.1. The van der Waals surface area contributed by atoms with Crippen LogP contribution in [0.4, 0.5) is 5.69 Å². The van der Waals surface area contributed by atoms with E-state index >= 15 is 0 Å². The van der Waals surface area contributed by atoms with Crippen LogP contribution < -0.4 is 14.4 Å². The lowest BCUT2D eigenvalue weighted by atomic mass is 10.1. The molecule has 0 aromatic heterocycles. The molecule has 0 bridgehead atoms. The van der Waals surface area contributed by atoms with E-state index in [4.69, 9.17) is 4.74 Å². The Bertz CT molecular complexity index is 913. The summed E-state index contributed by atoms with van der Waals surface area (Å²) < 4.78 is 30.8. The van der Waals surface area contributed by atoms with Gasteiger partial charge in [0.1, 0.15) is 5.75 Å². The molecule has 2 aromatic carbocycles. The van der Waals surface area contributed by atoms with Crippen LogP contribution in [0.1, 0.15) is 30.4 Å². The van der Waals surface area contributed by atoms with Crippen LogP contribution in [0.25, 0.3) is 0 Å². The third kappa shape index (κ3) is 7.77. The SMILES string of the molecule is COc1cccc(CCCNC(=O)CCCN(c2cccc(C)c2)S(C)(=O)=O)c1. The van der Waals surface area contributed by atoms with Crippen LogP contribution >= 0.6 is 0 Å². The molecule has 6 nitrogen and oxygen atoms in total. The first-order valence-corrected chi connectivity index (χ1v) is 11.6. The van der Waals surface area contributed by atoms with Crippen LogP contribution in [0.2, 0.25) is 0 Å². The number of nitrogens with one attached hydrogen (secondary N) is 1. The fourth-order valence-corrected chi connectivity index (χ4v) is 4.05. The van der Waals surface area contributed by atoms with E-state index in [1.807, 2.05) is 49.4 Å². The topological polar surface area (TPSA) is 75.7 Å². The molecule has 0 aliphatic rings. The standard InChI is InChI=1S/C22H30N2O4S/c1-18-8-4-11-20(16-18)24(29(3,26)27)15-7-13-22(25)23-14-6-10-19-9-5-12-21(17-19)28-2/h4-5,8-9,11-12,16-17H,6-7,10,13-15H2,1-3H3,(H,23,25). The van der Waals surface area contributed by atoms with Crippen molar-refractivity contribution in [2.24, 2.45) is 0 Å². The molecule has 0 spiro atoms. The molecule has 0 saturated carbocycles. The Kier molecular flexibility index (Phi) is 8.51. The van der Waals surface area contributed by atoms with E-state index < -0.39 is 10.0 Å². The molecule has 0 fully saturated rings. The van der Waals surface area contributed by atoms with E-state index in [1.165, 1.54) is 16.1 Å². The Morgan fingerprint density at radius 2 is 1.86 bits per heavy atom. The van der Waals surface area contributed by atoms with Gasteiger partial charge in [-0.15, -0.1) is 0 Å². The number of anilines is 1. The van der Waals surface area contributed by atoms with Gasteiger partial charge in [0, 0.05) is 19.5 Å². The molecule has 0 saturated heterocycles. The molecule has 0 heterocycles. The van der Waals surface area contributed by atoms with Gasteiger partial charge in [-0.2, -0.15) is 0 Å². The van der Waals surface area contributed by atoms with Crippen molar-refractivity contribution < 1.29 is 17.9 Å². The summed E-state index contributed by atoms with van der Waals surface area (Å²) in [4.78, 5) is 12.1. The molecule has 0 aliphatic heterocycles. The van der Waals surface area contributed by atoms with Gasteiger partial charge in [0.2, 0.25) is 15.9 Å². The van der Waals surface area contributed by atoms with Crippen molar-refractivity contribution in [1.29, 1.82) is 0 Å². The van der Waals surface area contributed by atoms with Crippen molar-refractivity contribution in [3.05, 3.63) is 59.7 Å². The molecular weight excluding hydrogens is 388 g/mol. The molecule has 29 heavy (non-hydrogen) atoms. The molecule has 7 heteroatoms. The average Bonchev–Trinajstić information content (AvgIpc) is 2.68. The Morgan fingerprint density at radius 1 is 1.10 bits per heavy atom. The lowest BCUT2D eigenvalue weighted by Gasteiger charge is -2.22. The number of ether oxygens (including phenoxy) is 1. The molecule has 1 amide bonds. The summed E-state index contributed by atoms with van der Waals surface area (Å²) >= 11 is 0. The lowest BCUT2D eigenvalue weighted by Crippen LogP contribution is -2.32. The summed E-state index contributed by atoms with van der Waals surface area (Å²) in [6.07, 6.45) is 3.62. The summed E-state index contributed by atoms with van der Waals surface area (Å²) in [5.74, 6) is 0.768. The smallest absolute Gasteiger partial charge is 0.232 e. The minimum atomic E-state index is -3.40. The fraction of sp³-hybridized carbons (Fsp3) is 0.409. The molecular formula is C22H30N2O4S. The third-order valence-corrected chi connectivity index (χ3v) is 5.75. The minimum Gasteiger partial charge on any atom is -0.497 e. The van der Waals surface area contributed by atoms with Gasteiger partial charge in [-0.25, -0.2) is 8.42 Å². The highest BCUT2D eigenvalue weighted by Gasteiger charge is 2.17. The Balaban J connectivity index is 1.74. The first-order chi connectivity index (χ1) is 13.8. The predicted molar refractivity (Wildman–Crippen MR) is 117 cm³/mol. The fourth-order valence-electron chi connectivity index (χ4n) is 3.09. The highest BCUT2D eigenvalue weighted by molar-refractivity contribution is 7.92. The first-order valence-electron chi connectivity index (χ1n) is 9.73. The molecule has 2 aromatic rings. The maximum absolute atomic E-state index is 12.1. The quantitative estimate of drug-likeness (QED) is 0.568. The van der Waals surface area contributed by atoms with Crippen LogP contribution in [0.15, 0.2) is 48.5 Å². The number of methoxy groups -OCH3 is 1. The number of amides is 1. The predicted octanol–water partition coefficient (Wildman–Crippen LogP) is 3.30. The third-order valence-electron chi connectivity index (χ3n) is 4.55. The van der Waals surface area contributed by atoms with E-state index in [2.05, 4.69) is 5.32 Å². The van der Waals surface area contributed by atoms with Crippen LogP contribution in [-0.2, 0) is 21.2 Å². The van der Waals surface area contributed by atoms with Gasteiger partial charge in [-0.05, 0) is 61.6 Å². The zero-order chi connectivity index (χ0) is 21.3. The van der Waals surface area contributed by atoms with E-state index in [0.29, 0.717) is 18.7 Å². The second-order valence-electron chi connectivity index (χ2n) is 7.08. The van der Waals surface area contributed by atoms with Gasteiger partial charge in [0.15, 0.2) is 0 Å². The summed E-state index contributed by atoms with van der Waals surface area (Å²) in [6, 6.07) is 15.2. The number of aryl methyl sites for hydroxylation is 2. The van der Waals surface area contributed by atoms with Crippen LogP contribution in [-0.4, -0.2) is 40.8 Å². The van der Waals surface area contributed by atoms with Crippen LogP contribution in [0, 0.1) is 6.92 Å². The van der Waals surface area contributed by atoms with Crippen molar-refractivity contribution in [3.8, 4) is 5.75 Å². The molecule has 158 valence electrons. The van der Waals surface area contributed by atoms with Gasteiger partial charge < -0.3 is 10.1 Å². The average molecular weight is 419 g/mol. The van der Waals surface area contributed by atoms with Crippen molar-refractivity contribution in [1.82, 2.24) is 5.32 Å². The molecule has 0 unspecified atom stereocenters. The molecule has 0 aliphatic carbocycles. The molecule has 0 atom stereocenters. The van der Waals surface area contributed by atoms with E-state index in [1.54, 1.807) is 13.2 Å². The zero-order valence-corrected chi connectivity index (χ0v) is 18.2. The lowest BCUT2D eigenvalue weighted by molar-refractivity contribution is -0.121. The monoisotopic (exact) mass is 418 g/mol. The molecule has 2 rings (SSSR count). The van der Waals surface area contributed by atoms with Crippen molar-refractivity contribution >= 4 is 21.6 Å². The highest BCUT2D eigenvalue weighted by atomic mass is 32.2. The first kappa shape index (κ1) is 22.7. The zero-order valence-electron chi connectivity index (χ0n) is 17.3. The summed E-state index contributed by atoms with van der Waals surface area (Å²) in [5, 5.41) is 2.90. The van der Waals surface area contributed by atoms with E-state index in [0.717, 1.165) is 24.2 Å². The largest absolute Gasteiger partial charge is 0.497 e. The summed E-state index contributed by atoms with van der Waals surface area (Å²) in [6.45, 7) is 2.78. The number of benzene rings is 2. The van der Waals surface area contributed by atoms with Crippen LogP contribution in [0.3, 0.4) is 0 Å². The molecule has 0 radical (unpaired) electrons. The number of rotatable bonds is 11. The normalized spacial score (nSPS) is 11.1. The van der Waals surface area contributed by atoms with E-state index in [-0.39, 0.29) is 18.9 Å². The number of nitrogens with zero attached hydrogens (tertiary/aromatic N) is 1. The number of sulfonamides is 1. The minimum absolute atomic E-state index is 0.0617. The number of carbonyl (C=O) groups excluding carboxylic acids is 1. The van der Waals surface area contributed by atoms with Crippen molar-refractivity contribution in [2.45, 2.75) is 32.6 Å². The van der Waals surface area contributed by atoms with Gasteiger partial charge in [-0.1, -0.05) is 24.3 Å². The van der Waals surface area contributed by atoms with Crippen molar-refractivity contribution in [2.75, 3.05) is 30.8 Å². The van der Waals surface area contributed by atoms with E-state index in [9.17, 15) is 13.2 Å². The Labute approximate surface area is 173 Å².